The van der Waals surface area contributed by atoms with E-state index >= 15 is 0 Å². The van der Waals surface area contributed by atoms with Crippen molar-refractivity contribution >= 4 is 22.6 Å². The summed E-state index contributed by atoms with van der Waals surface area (Å²) in [5.74, 6) is -0.229. The molecule has 0 aliphatic carbocycles. The first-order chi connectivity index (χ1) is 18.6. The highest BCUT2D eigenvalue weighted by atomic mass is 19.1. The van der Waals surface area contributed by atoms with Crippen LogP contribution in [-0.2, 0) is 13.1 Å². The SMILES string of the molecule is O=C(Nc1c[nH]c2ncc(-c3ccc(CN4CCCC(F)C4)cc3)cc12)c1cnn(Cc2ccccc2)c1. The first-order valence-electron chi connectivity index (χ1n) is 12.9. The number of aromatic nitrogens is 4. The maximum absolute atomic E-state index is 13.7. The molecule has 4 heterocycles. The van der Waals surface area contributed by atoms with Gasteiger partial charge in [-0.05, 0) is 42.1 Å². The highest BCUT2D eigenvalue weighted by molar-refractivity contribution is 6.08. The third-order valence-corrected chi connectivity index (χ3v) is 7.00. The van der Waals surface area contributed by atoms with Crippen molar-refractivity contribution in [2.45, 2.75) is 32.1 Å². The Kier molecular flexibility index (Phi) is 6.71. The average Bonchev–Trinajstić information content (AvgIpc) is 3.57. The molecule has 2 aromatic carbocycles. The molecule has 1 atom stereocenters. The lowest BCUT2D eigenvalue weighted by Crippen LogP contribution is -2.35. The van der Waals surface area contributed by atoms with Crippen LogP contribution >= 0.6 is 0 Å². The van der Waals surface area contributed by atoms with Gasteiger partial charge in [-0.3, -0.25) is 14.4 Å². The molecule has 1 amide bonds. The lowest BCUT2D eigenvalue weighted by Gasteiger charge is -2.28. The van der Waals surface area contributed by atoms with Gasteiger partial charge in [0.2, 0.25) is 0 Å². The van der Waals surface area contributed by atoms with Gasteiger partial charge in [0.15, 0.2) is 0 Å². The van der Waals surface area contributed by atoms with E-state index in [0.717, 1.165) is 41.6 Å². The van der Waals surface area contributed by atoms with Crippen molar-refractivity contribution in [2.75, 3.05) is 18.4 Å². The number of piperidine rings is 1. The average molecular weight is 509 g/mol. The van der Waals surface area contributed by atoms with E-state index in [0.29, 0.717) is 36.4 Å². The number of likely N-dealkylation sites (tertiary alicyclic amines) is 1. The summed E-state index contributed by atoms with van der Waals surface area (Å²) in [5, 5.41) is 8.17. The summed E-state index contributed by atoms with van der Waals surface area (Å²) in [4.78, 5) is 22.8. The molecule has 1 fully saturated rings. The number of alkyl halides is 1. The van der Waals surface area contributed by atoms with E-state index < -0.39 is 6.17 Å². The molecule has 2 N–H and O–H groups in total. The molecule has 1 saturated heterocycles. The molecule has 1 aliphatic heterocycles. The minimum Gasteiger partial charge on any atom is -0.344 e. The van der Waals surface area contributed by atoms with Gasteiger partial charge in [0.1, 0.15) is 11.8 Å². The maximum atomic E-state index is 13.7. The van der Waals surface area contributed by atoms with Gasteiger partial charge in [-0.25, -0.2) is 9.37 Å². The fraction of sp³-hybridized carbons (Fsp3) is 0.233. The van der Waals surface area contributed by atoms with Gasteiger partial charge in [-0.1, -0.05) is 54.6 Å². The van der Waals surface area contributed by atoms with Gasteiger partial charge >= 0.3 is 0 Å². The number of hydrogen-bond acceptors (Lipinski definition) is 4. The summed E-state index contributed by atoms with van der Waals surface area (Å²) in [6.07, 6.45) is 7.78. The van der Waals surface area contributed by atoms with Crippen molar-refractivity contribution in [3.05, 3.63) is 102 Å². The second-order valence-electron chi connectivity index (χ2n) is 9.86. The number of nitrogens with one attached hydrogen (secondary N) is 2. The summed E-state index contributed by atoms with van der Waals surface area (Å²) in [6.45, 7) is 2.81. The molecular weight excluding hydrogens is 479 g/mol. The van der Waals surface area contributed by atoms with Crippen LogP contribution in [0.4, 0.5) is 10.1 Å². The number of pyridine rings is 1. The zero-order valence-electron chi connectivity index (χ0n) is 21.0. The largest absolute Gasteiger partial charge is 0.344 e. The van der Waals surface area contributed by atoms with E-state index in [1.54, 1.807) is 23.3 Å². The van der Waals surface area contributed by atoms with Crippen LogP contribution in [0.25, 0.3) is 22.2 Å². The lowest BCUT2D eigenvalue weighted by molar-refractivity contribution is 0.102. The molecule has 0 saturated carbocycles. The summed E-state index contributed by atoms with van der Waals surface area (Å²) >= 11 is 0. The number of hydrogen-bond donors (Lipinski definition) is 2. The topological polar surface area (TPSA) is 78.8 Å². The zero-order chi connectivity index (χ0) is 25.9. The smallest absolute Gasteiger partial charge is 0.258 e. The summed E-state index contributed by atoms with van der Waals surface area (Å²) in [5.41, 5.74) is 6.12. The molecule has 0 radical (unpaired) electrons. The Bertz CT molecular complexity index is 1540. The number of amides is 1. The van der Waals surface area contributed by atoms with E-state index in [1.807, 2.05) is 42.6 Å². The Balaban J connectivity index is 1.15. The van der Waals surface area contributed by atoms with Crippen LogP contribution in [0.1, 0.15) is 34.3 Å². The number of benzene rings is 2. The molecule has 6 rings (SSSR count). The Morgan fingerprint density at radius 3 is 2.66 bits per heavy atom. The summed E-state index contributed by atoms with van der Waals surface area (Å²) < 4.78 is 15.5. The second-order valence-corrected chi connectivity index (χ2v) is 9.86. The molecule has 8 heteroatoms. The van der Waals surface area contributed by atoms with Gasteiger partial charge in [0.25, 0.3) is 5.91 Å². The van der Waals surface area contributed by atoms with Crippen LogP contribution in [0.5, 0.6) is 0 Å². The van der Waals surface area contributed by atoms with Crippen molar-refractivity contribution in [3.8, 4) is 11.1 Å². The van der Waals surface area contributed by atoms with Crippen molar-refractivity contribution in [1.82, 2.24) is 24.6 Å². The molecule has 5 aromatic rings. The molecular formula is C30H29FN6O. The van der Waals surface area contributed by atoms with E-state index in [-0.39, 0.29) is 5.91 Å². The van der Waals surface area contributed by atoms with Crippen molar-refractivity contribution in [1.29, 1.82) is 0 Å². The monoisotopic (exact) mass is 508 g/mol. The third-order valence-electron chi connectivity index (χ3n) is 7.00. The zero-order valence-corrected chi connectivity index (χ0v) is 21.0. The first-order valence-corrected chi connectivity index (χ1v) is 12.9. The highest BCUT2D eigenvalue weighted by Crippen LogP contribution is 2.28. The standard InChI is InChI=1S/C30H29FN6O/c31-26-7-4-12-36(20-26)17-22-8-10-23(11-9-22)24-13-27-28(16-33-29(27)32-14-24)35-30(38)25-15-34-37(19-25)18-21-5-2-1-3-6-21/h1-3,5-6,8-11,13-16,19,26H,4,7,12,17-18,20H2,(H,32,33)(H,35,38). The number of carbonyl (C=O) groups is 1. The predicted molar refractivity (Wildman–Crippen MR) is 147 cm³/mol. The van der Waals surface area contributed by atoms with Crippen LogP contribution in [0.2, 0.25) is 0 Å². The van der Waals surface area contributed by atoms with Crippen LogP contribution in [-0.4, -0.2) is 49.8 Å². The molecule has 0 spiro atoms. The Morgan fingerprint density at radius 1 is 1.03 bits per heavy atom. The number of rotatable bonds is 7. The van der Waals surface area contributed by atoms with Gasteiger partial charge in [0.05, 0.1) is 24.0 Å². The fourth-order valence-electron chi connectivity index (χ4n) is 5.00. The normalized spacial score (nSPS) is 16.1. The molecule has 1 unspecified atom stereocenters. The van der Waals surface area contributed by atoms with Crippen molar-refractivity contribution in [2.24, 2.45) is 0 Å². The van der Waals surface area contributed by atoms with Crippen LogP contribution < -0.4 is 5.32 Å². The molecule has 1 aliphatic rings. The highest BCUT2D eigenvalue weighted by Gasteiger charge is 2.19. The summed E-state index contributed by atoms with van der Waals surface area (Å²) in [7, 11) is 0. The first kappa shape index (κ1) is 24.1. The quantitative estimate of drug-likeness (QED) is 0.297. The van der Waals surface area contributed by atoms with E-state index in [1.165, 1.54) is 5.56 Å². The number of halogens is 1. The van der Waals surface area contributed by atoms with Crippen molar-refractivity contribution < 1.29 is 9.18 Å². The van der Waals surface area contributed by atoms with E-state index in [9.17, 15) is 9.18 Å². The Morgan fingerprint density at radius 2 is 1.84 bits per heavy atom. The second kappa shape index (κ2) is 10.6. The molecule has 7 nitrogen and oxygen atoms in total. The van der Waals surface area contributed by atoms with Crippen LogP contribution in [0, 0.1) is 0 Å². The molecule has 0 bridgehead atoms. The van der Waals surface area contributed by atoms with Crippen LogP contribution in [0.3, 0.4) is 0 Å². The van der Waals surface area contributed by atoms with E-state index in [4.69, 9.17) is 0 Å². The van der Waals surface area contributed by atoms with Gasteiger partial charge in [-0.2, -0.15) is 5.10 Å². The molecule has 38 heavy (non-hydrogen) atoms. The van der Waals surface area contributed by atoms with Gasteiger partial charge in [0, 0.05) is 42.6 Å². The van der Waals surface area contributed by atoms with Crippen LogP contribution in [0.15, 0.2) is 85.5 Å². The fourth-order valence-corrected chi connectivity index (χ4v) is 5.00. The number of fused-ring (bicyclic) bond motifs is 1. The summed E-state index contributed by atoms with van der Waals surface area (Å²) in [6, 6.07) is 20.4. The maximum Gasteiger partial charge on any atom is 0.258 e. The number of anilines is 1. The Hall–Kier alpha value is -4.30. The van der Waals surface area contributed by atoms with E-state index in [2.05, 4.69) is 49.5 Å². The van der Waals surface area contributed by atoms with Crippen molar-refractivity contribution in [3.63, 3.8) is 0 Å². The van der Waals surface area contributed by atoms with Gasteiger partial charge < -0.3 is 10.3 Å². The number of carbonyl (C=O) groups excluding carboxylic acids is 1. The molecule has 192 valence electrons. The number of aromatic amines is 1. The minimum atomic E-state index is -0.720. The number of H-pyrrole nitrogens is 1. The van der Waals surface area contributed by atoms with Gasteiger partial charge in [-0.15, -0.1) is 0 Å². The molecule has 3 aromatic heterocycles. The third kappa shape index (κ3) is 5.35. The minimum absolute atomic E-state index is 0.229. The predicted octanol–water partition coefficient (Wildman–Crippen LogP) is 5.66. The lowest BCUT2D eigenvalue weighted by atomic mass is 10.0. The number of nitrogens with zero attached hydrogens (tertiary/aromatic N) is 4. The Labute approximate surface area is 220 Å².